The number of rotatable bonds is 0. The van der Waals surface area contributed by atoms with Gasteiger partial charge in [-0.05, 0) is 37.3 Å². The molecule has 0 radical (unpaired) electrons. The summed E-state index contributed by atoms with van der Waals surface area (Å²) >= 11 is 0. The van der Waals surface area contributed by atoms with Gasteiger partial charge in [0, 0.05) is 16.6 Å². The van der Waals surface area contributed by atoms with Crippen molar-refractivity contribution in [2.75, 3.05) is 0 Å². The minimum Gasteiger partial charge on any atom is -0.358 e. The van der Waals surface area contributed by atoms with Crippen molar-refractivity contribution < 1.29 is 0 Å². The van der Waals surface area contributed by atoms with Crippen molar-refractivity contribution in [2.45, 2.75) is 32.1 Å². The zero-order valence-corrected chi connectivity index (χ0v) is 9.38. The van der Waals surface area contributed by atoms with Gasteiger partial charge in [0.05, 0.1) is 12.0 Å². The molecule has 2 aromatic rings. The molecule has 2 heteroatoms. The van der Waals surface area contributed by atoms with Crippen LogP contribution in [0.3, 0.4) is 0 Å². The van der Waals surface area contributed by atoms with Crippen molar-refractivity contribution in [3.8, 4) is 6.07 Å². The third kappa shape index (κ3) is 1.18. The lowest BCUT2D eigenvalue weighted by atomic mass is 9.86. The van der Waals surface area contributed by atoms with Gasteiger partial charge in [0.25, 0.3) is 0 Å². The van der Waals surface area contributed by atoms with Gasteiger partial charge in [-0.15, -0.1) is 0 Å². The molecule has 80 valence electrons. The lowest BCUT2D eigenvalue weighted by molar-refractivity contribution is 0.633. The first-order valence-electron chi connectivity index (χ1n) is 5.81. The average Bonchev–Trinajstić information content (AvgIpc) is 2.69. The maximum Gasteiger partial charge on any atom is 0.0736 e. The largest absolute Gasteiger partial charge is 0.358 e. The summed E-state index contributed by atoms with van der Waals surface area (Å²) in [5.41, 5.74) is 5.02. The summed E-state index contributed by atoms with van der Waals surface area (Å²) in [7, 11) is 0. The molecule has 16 heavy (non-hydrogen) atoms. The van der Waals surface area contributed by atoms with Crippen LogP contribution in [0, 0.1) is 18.3 Å². The maximum atomic E-state index is 9.22. The van der Waals surface area contributed by atoms with E-state index in [-0.39, 0.29) is 5.92 Å². The molecule has 1 N–H and O–H groups in total. The van der Waals surface area contributed by atoms with Crippen LogP contribution in [0.15, 0.2) is 18.2 Å². The monoisotopic (exact) mass is 210 g/mol. The van der Waals surface area contributed by atoms with E-state index in [1.807, 2.05) is 0 Å². The summed E-state index contributed by atoms with van der Waals surface area (Å²) < 4.78 is 0. The van der Waals surface area contributed by atoms with Crippen molar-refractivity contribution in [1.82, 2.24) is 4.98 Å². The van der Waals surface area contributed by atoms with Crippen LogP contribution in [-0.4, -0.2) is 4.98 Å². The Bertz CT molecular complexity index is 587. The highest BCUT2D eigenvalue weighted by molar-refractivity contribution is 5.88. The van der Waals surface area contributed by atoms with Crippen LogP contribution in [0.25, 0.3) is 10.9 Å². The first kappa shape index (κ1) is 9.47. The number of hydrogen-bond donors (Lipinski definition) is 1. The smallest absolute Gasteiger partial charge is 0.0736 e. The van der Waals surface area contributed by atoms with E-state index in [2.05, 4.69) is 36.2 Å². The molecule has 1 aromatic carbocycles. The standard InChI is InChI=1S/C14H14N2/c1-9-4-2-6-11-13-10(8-15)5-3-7-12(13)16-14(9)11/h2,4,6,10,16H,3,5,7H2,1H3. The van der Waals surface area contributed by atoms with E-state index in [9.17, 15) is 5.26 Å². The summed E-state index contributed by atoms with van der Waals surface area (Å²) in [5, 5.41) is 10.5. The maximum absolute atomic E-state index is 9.22. The van der Waals surface area contributed by atoms with Gasteiger partial charge in [-0.2, -0.15) is 5.26 Å². The van der Waals surface area contributed by atoms with E-state index in [0.29, 0.717) is 0 Å². The number of nitrogens with one attached hydrogen (secondary N) is 1. The third-order valence-electron chi connectivity index (χ3n) is 3.59. The van der Waals surface area contributed by atoms with Gasteiger partial charge in [0.1, 0.15) is 0 Å². The third-order valence-corrected chi connectivity index (χ3v) is 3.59. The van der Waals surface area contributed by atoms with E-state index < -0.39 is 0 Å². The Morgan fingerprint density at radius 1 is 1.44 bits per heavy atom. The quantitative estimate of drug-likeness (QED) is 0.711. The highest BCUT2D eigenvalue weighted by Gasteiger charge is 2.24. The molecule has 0 bridgehead atoms. The average molecular weight is 210 g/mol. The Balaban J connectivity index is 2.35. The molecule has 3 rings (SSSR count). The van der Waals surface area contributed by atoms with Crippen molar-refractivity contribution in [2.24, 2.45) is 0 Å². The molecule has 1 aliphatic carbocycles. The van der Waals surface area contributed by atoms with Crippen LogP contribution in [0.1, 0.15) is 35.6 Å². The van der Waals surface area contributed by atoms with Crippen molar-refractivity contribution >= 4 is 10.9 Å². The lowest BCUT2D eigenvalue weighted by Crippen LogP contribution is -2.06. The van der Waals surface area contributed by atoms with Crippen molar-refractivity contribution in [3.05, 3.63) is 35.0 Å². The first-order valence-corrected chi connectivity index (χ1v) is 5.81. The van der Waals surface area contributed by atoms with E-state index in [4.69, 9.17) is 0 Å². The number of aryl methyl sites for hydroxylation is 2. The van der Waals surface area contributed by atoms with Gasteiger partial charge in [-0.1, -0.05) is 18.2 Å². The Hall–Kier alpha value is -1.75. The second-order valence-corrected chi connectivity index (χ2v) is 4.59. The highest BCUT2D eigenvalue weighted by Crippen LogP contribution is 2.37. The molecule has 0 amide bonds. The highest BCUT2D eigenvalue weighted by atomic mass is 14.7. The number of H-pyrrole nitrogens is 1. The summed E-state index contributed by atoms with van der Waals surface area (Å²) in [5.74, 6) is 0.0827. The van der Waals surface area contributed by atoms with E-state index in [1.54, 1.807) is 0 Å². The molecule has 1 aliphatic rings. The fourth-order valence-corrected chi connectivity index (χ4v) is 2.79. The molecule has 1 aromatic heterocycles. The van der Waals surface area contributed by atoms with Crippen LogP contribution in [0.4, 0.5) is 0 Å². The second kappa shape index (κ2) is 3.38. The SMILES string of the molecule is Cc1cccc2c3c([nH]c12)CCCC3C#N. The number of aromatic amines is 1. The molecule has 1 unspecified atom stereocenters. The molecular formula is C14H14N2. The summed E-state index contributed by atoms with van der Waals surface area (Å²) in [6.45, 7) is 2.12. The Morgan fingerprint density at radius 3 is 3.12 bits per heavy atom. The van der Waals surface area contributed by atoms with E-state index in [1.165, 1.54) is 27.7 Å². The van der Waals surface area contributed by atoms with Gasteiger partial charge < -0.3 is 4.98 Å². The minimum atomic E-state index is 0.0827. The predicted molar refractivity (Wildman–Crippen MR) is 64.3 cm³/mol. The molecule has 0 saturated carbocycles. The number of nitrogens with zero attached hydrogens (tertiary/aromatic N) is 1. The minimum absolute atomic E-state index is 0.0827. The molecule has 0 saturated heterocycles. The zero-order chi connectivity index (χ0) is 11.1. The Kier molecular flexibility index (Phi) is 2.00. The predicted octanol–water partition coefficient (Wildman–Crippen LogP) is 3.42. The van der Waals surface area contributed by atoms with E-state index >= 15 is 0 Å². The summed E-state index contributed by atoms with van der Waals surface area (Å²) in [4.78, 5) is 3.50. The fraction of sp³-hybridized carbons (Fsp3) is 0.357. The van der Waals surface area contributed by atoms with Crippen molar-refractivity contribution in [3.63, 3.8) is 0 Å². The topological polar surface area (TPSA) is 39.6 Å². The number of hydrogen-bond acceptors (Lipinski definition) is 1. The Morgan fingerprint density at radius 2 is 2.31 bits per heavy atom. The normalized spacial score (nSPS) is 19.4. The van der Waals surface area contributed by atoms with Crippen LogP contribution in [0.2, 0.25) is 0 Å². The molecule has 0 fully saturated rings. The molecular weight excluding hydrogens is 196 g/mol. The van der Waals surface area contributed by atoms with Crippen LogP contribution >= 0.6 is 0 Å². The number of nitriles is 1. The van der Waals surface area contributed by atoms with Crippen LogP contribution in [-0.2, 0) is 6.42 Å². The Labute approximate surface area is 94.9 Å². The summed E-state index contributed by atoms with van der Waals surface area (Å²) in [6, 6.07) is 8.77. The van der Waals surface area contributed by atoms with Crippen molar-refractivity contribution in [1.29, 1.82) is 5.26 Å². The first-order chi connectivity index (χ1) is 7.81. The van der Waals surface area contributed by atoms with Gasteiger partial charge in [0.15, 0.2) is 0 Å². The molecule has 0 spiro atoms. The molecule has 2 nitrogen and oxygen atoms in total. The van der Waals surface area contributed by atoms with Gasteiger partial charge >= 0.3 is 0 Å². The van der Waals surface area contributed by atoms with Crippen LogP contribution in [0.5, 0.6) is 0 Å². The molecule has 1 atom stereocenters. The number of para-hydroxylation sites is 1. The number of benzene rings is 1. The molecule has 1 heterocycles. The summed E-state index contributed by atoms with van der Waals surface area (Å²) in [6.07, 6.45) is 3.21. The van der Waals surface area contributed by atoms with Crippen LogP contribution < -0.4 is 0 Å². The zero-order valence-electron chi connectivity index (χ0n) is 9.38. The number of aromatic nitrogens is 1. The molecule has 0 aliphatic heterocycles. The second-order valence-electron chi connectivity index (χ2n) is 4.59. The van der Waals surface area contributed by atoms with Gasteiger partial charge in [-0.25, -0.2) is 0 Å². The number of fused-ring (bicyclic) bond motifs is 3. The van der Waals surface area contributed by atoms with E-state index in [0.717, 1.165) is 19.3 Å². The fourth-order valence-electron chi connectivity index (χ4n) is 2.79. The van der Waals surface area contributed by atoms with Gasteiger partial charge in [-0.3, -0.25) is 0 Å². The van der Waals surface area contributed by atoms with Gasteiger partial charge in [0.2, 0.25) is 0 Å². The lowest BCUT2D eigenvalue weighted by Gasteiger charge is -2.16.